The van der Waals surface area contributed by atoms with Crippen molar-refractivity contribution in [1.82, 2.24) is 0 Å². The quantitative estimate of drug-likeness (QED) is 0.137. The van der Waals surface area contributed by atoms with Crippen molar-refractivity contribution in [3.63, 3.8) is 0 Å². The first kappa shape index (κ1) is 22.4. The van der Waals surface area contributed by atoms with Gasteiger partial charge in [0.25, 0.3) is 0 Å². The molecule has 0 atom stereocenters. The molecule has 0 aromatic rings. The maximum atomic E-state index is 10.8. The Morgan fingerprint density at radius 1 is 0.652 bits per heavy atom. The van der Waals surface area contributed by atoms with Crippen molar-refractivity contribution in [2.75, 3.05) is 0 Å². The largest absolute Gasteiger partial charge is 0.289 e. The van der Waals surface area contributed by atoms with Gasteiger partial charge in [0.1, 0.15) is 8.07 Å². The number of rotatable bonds is 15. The van der Waals surface area contributed by atoms with Crippen molar-refractivity contribution < 1.29 is 4.79 Å². The molecular formula is C21H40OSi. The third-order valence-electron chi connectivity index (χ3n) is 4.92. The Morgan fingerprint density at radius 3 is 1.35 bits per heavy atom. The molecule has 0 bridgehead atoms. The molecule has 0 aliphatic carbocycles. The van der Waals surface area contributed by atoms with Crippen molar-refractivity contribution in [1.29, 1.82) is 0 Å². The molecule has 2 heteroatoms. The minimum Gasteiger partial charge on any atom is -0.289 e. The van der Waals surface area contributed by atoms with Crippen LogP contribution >= 0.6 is 0 Å². The van der Waals surface area contributed by atoms with Crippen LogP contribution < -0.4 is 0 Å². The maximum absolute atomic E-state index is 10.8. The van der Waals surface area contributed by atoms with Gasteiger partial charge in [-0.15, -0.1) is 5.54 Å². The SMILES string of the molecule is CCCCCC[Si](C#CC=O)(CCCCCC)CCCCCC. The molecule has 0 rings (SSSR count). The molecule has 0 saturated heterocycles. The molecule has 23 heavy (non-hydrogen) atoms. The predicted molar refractivity (Wildman–Crippen MR) is 106 cm³/mol. The summed E-state index contributed by atoms with van der Waals surface area (Å²) >= 11 is 0. The second kappa shape index (κ2) is 16.3. The van der Waals surface area contributed by atoms with Crippen LogP contribution in [-0.4, -0.2) is 14.4 Å². The van der Waals surface area contributed by atoms with E-state index >= 15 is 0 Å². The van der Waals surface area contributed by atoms with Crippen LogP contribution in [0.5, 0.6) is 0 Å². The van der Waals surface area contributed by atoms with Gasteiger partial charge in [-0.1, -0.05) is 97.8 Å². The minimum absolute atomic E-state index is 0.825. The molecule has 0 fully saturated rings. The van der Waals surface area contributed by atoms with Gasteiger partial charge in [0, 0.05) is 0 Å². The molecule has 0 aromatic heterocycles. The van der Waals surface area contributed by atoms with Crippen LogP contribution in [0.15, 0.2) is 0 Å². The number of hydrogen-bond acceptors (Lipinski definition) is 1. The third-order valence-corrected chi connectivity index (χ3v) is 9.53. The van der Waals surface area contributed by atoms with Crippen LogP contribution in [0.4, 0.5) is 0 Å². The van der Waals surface area contributed by atoms with Crippen LogP contribution in [0.25, 0.3) is 0 Å². The van der Waals surface area contributed by atoms with Crippen molar-refractivity contribution >= 4 is 14.4 Å². The monoisotopic (exact) mass is 336 g/mol. The van der Waals surface area contributed by atoms with Gasteiger partial charge in [-0.2, -0.15) is 0 Å². The number of aldehydes is 1. The van der Waals surface area contributed by atoms with Crippen molar-refractivity contribution in [3.8, 4) is 11.5 Å². The zero-order valence-corrected chi connectivity index (χ0v) is 17.1. The zero-order chi connectivity index (χ0) is 17.2. The highest BCUT2D eigenvalue weighted by molar-refractivity contribution is 6.87. The van der Waals surface area contributed by atoms with E-state index in [1.165, 1.54) is 95.2 Å². The number of unbranched alkanes of at least 4 members (excludes halogenated alkanes) is 9. The zero-order valence-electron chi connectivity index (χ0n) is 16.1. The van der Waals surface area contributed by atoms with E-state index in [1.54, 1.807) is 0 Å². The highest BCUT2D eigenvalue weighted by Crippen LogP contribution is 2.29. The van der Waals surface area contributed by atoms with Gasteiger partial charge in [0.2, 0.25) is 0 Å². The molecule has 0 heterocycles. The fourth-order valence-corrected chi connectivity index (χ4v) is 7.69. The van der Waals surface area contributed by atoms with E-state index in [0.29, 0.717) is 0 Å². The van der Waals surface area contributed by atoms with Crippen LogP contribution in [0.1, 0.15) is 97.8 Å². The summed E-state index contributed by atoms with van der Waals surface area (Å²) in [6.07, 6.45) is 16.8. The first-order chi connectivity index (χ1) is 11.2. The summed E-state index contributed by atoms with van der Waals surface area (Å²) in [5, 5.41) is 0. The molecule has 0 aliphatic rings. The van der Waals surface area contributed by atoms with Crippen LogP contribution in [0.2, 0.25) is 18.1 Å². The van der Waals surface area contributed by atoms with E-state index in [2.05, 4.69) is 32.2 Å². The molecule has 0 unspecified atom stereocenters. The Kier molecular flexibility index (Phi) is 15.9. The van der Waals surface area contributed by atoms with Crippen LogP contribution in [0.3, 0.4) is 0 Å². The molecule has 134 valence electrons. The number of carbonyl (C=O) groups excluding carboxylic acids is 1. The smallest absolute Gasteiger partial charge is 0.192 e. The van der Waals surface area contributed by atoms with Gasteiger partial charge in [-0.25, -0.2) is 0 Å². The lowest BCUT2D eigenvalue weighted by Gasteiger charge is -2.26. The summed E-state index contributed by atoms with van der Waals surface area (Å²) in [5.74, 6) is 2.84. The lowest BCUT2D eigenvalue weighted by molar-refractivity contribution is -0.103. The lowest BCUT2D eigenvalue weighted by Crippen LogP contribution is -2.32. The average molecular weight is 337 g/mol. The topological polar surface area (TPSA) is 17.1 Å². The van der Waals surface area contributed by atoms with E-state index in [9.17, 15) is 4.79 Å². The standard InChI is InChI=1S/C21H40OSi/c1-4-7-10-13-18-23(21-16-17-22,19-14-11-8-5-2)20-15-12-9-6-3/h17H,4-15,18-20H2,1-3H3. The van der Waals surface area contributed by atoms with E-state index in [-0.39, 0.29) is 0 Å². The fourth-order valence-electron chi connectivity index (χ4n) is 3.42. The fraction of sp³-hybridized carbons (Fsp3) is 0.857. The summed E-state index contributed by atoms with van der Waals surface area (Å²) in [6, 6.07) is 3.98. The molecular weight excluding hydrogens is 296 g/mol. The van der Waals surface area contributed by atoms with Crippen molar-refractivity contribution in [2.24, 2.45) is 0 Å². The Balaban J connectivity index is 4.69. The second-order valence-corrected chi connectivity index (χ2v) is 11.4. The van der Waals surface area contributed by atoms with Gasteiger partial charge >= 0.3 is 0 Å². The molecule has 0 N–H and O–H groups in total. The van der Waals surface area contributed by atoms with Crippen LogP contribution in [-0.2, 0) is 4.79 Å². The van der Waals surface area contributed by atoms with Gasteiger partial charge in [-0.05, 0) is 24.1 Å². The average Bonchev–Trinajstić information content (AvgIpc) is 2.57. The van der Waals surface area contributed by atoms with Gasteiger partial charge in [0.05, 0.1) is 0 Å². The summed E-state index contributed by atoms with van der Waals surface area (Å²) < 4.78 is 0. The molecule has 1 nitrogen and oxygen atoms in total. The van der Waals surface area contributed by atoms with E-state index in [1.807, 2.05) is 0 Å². The lowest BCUT2D eigenvalue weighted by atomic mass is 10.2. The number of carbonyl (C=O) groups is 1. The highest BCUT2D eigenvalue weighted by atomic mass is 28.3. The first-order valence-electron chi connectivity index (χ1n) is 10.2. The van der Waals surface area contributed by atoms with Crippen molar-refractivity contribution in [2.45, 2.75) is 116 Å². The third kappa shape index (κ3) is 12.5. The second-order valence-electron chi connectivity index (χ2n) is 7.10. The Morgan fingerprint density at radius 2 is 1.04 bits per heavy atom. The van der Waals surface area contributed by atoms with Crippen molar-refractivity contribution in [3.05, 3.63) is 0 Å². The summed E-state index contributed by atoms with van der Waals surface area (Å²) in [4.78, 5) is 10.8. The Labute approximate surface area is 147 Å². The number of hydrogen-bond donors (Lipinski definition) is 0. The van der Waals surface area contributed by atoms with Gasteiger partial charge in [0.15, 0.2) is 6.29 Å². The van der Waals surface area contributed by atoms with Crippen LogP contribution in [0, 0.1) is 11.5 Å². The normalized spacial score (nSPS) is 11.1. The Bertz CT molecular complexity index is 295. The van der Waals surface area contributed by atoms with E-state index < -0.39 is 8.07 Å². The molecule has 0 spiro atoms. The molecule has 0 radical (unpaired) electrons. The summed E-state index contributed by atoms with van der Waals surface area (Å²) in [5.41, 5.74) is 3.53. The molecule has 0 aliphatic heterocycles. The minimum atomic E-state index is -1.56. The van der Waals surface area contributed by atoms with Gasteiger partial charge < -0.3 is 0 Å². The highest BCUT2D eigenvalue weighted by Gasteiger charge is 2.29. The maximum Gasteiger partial charge on any atom is 0.192 e. The summed E-state index contributed by atoms with van der Waals surface area (Å²) in [7, 11) is -1.56. The molecule has 0 aromatic carbocycles. The Hall–Kier alpha value is -0.553. The van der Waals surface area contributed by atoms with E-state index in [0.717, 1.165) is 6.29 Å². The van der Waals surface area contributed by atoms with E-state index in [4.69, 9.17) is 0 Å². The van der Waals surface area contributed by atoms with Gasteiger partial charge in [-0.3, -0.25) is 4.79 Å². The first-order valence-corrected chi connectivity index (χ1v) is 12.8. The molecule has 0 saturated carbocycles. The predicted octanol–water partition coefficient (Wildman–Crippen LogP) is 6.92. The molecule has 0 amide bonds. The summed E-state index contributed by atoms with van der Waals surface area (Å²) in [6.45, 7) is 6.81.